The smallest absolute Gasteiger partial charge is 0.251 e. The summed E-state index contributed by atoms with van der Waals surface area (Å²) >= 11 is 6.00. The van der Waals surface area contributed by atoms with E-state index in [0.29, 0.717) is 16.5 Å². The van der Waals surface area contributed by atoms with Crippen LogP contribution in [0.3, 0.4) is 0 Å². The normalized spacial score (nSPS) is 11.7. The van der Waals surface area contributed by atoms with Gasteiger partial charge in [-0.25, -0.2) is 9.97 Å². The zero-order valence-electron chi connectivity index (χ0n) is 16.1. The Morgan fingerprint density at radius 3 is 2.66 bits per heavy atom. The number of nitrogens with zero attached hydrogens (tertiary/aromatic N) is 2. The Morgan fingerprint density at radius 1 is 1.17 bits per heavy atom. The maximum Gasteiger partial charge on any atom is 0.251 e. The molecule has 6 nitrogen and oxygen atoms in total. The molecule has 0 bridgehead atoms. The SMILES string of the molecule is CCCNc1nccc(-c2ccc(C(=O)N[C@H](CO)c3cccc(Cl)c3)cc2)n1. The molecule has 0 saturated heterocycles. The second-order valence-corrected chi connectivity index (χ2v) is 6.97. The predicted molar refractivity (Wildman–Crippen MR) is 115 cm³/mol. The molecule has 0 fully saturated rings. The zero-order valence-corrected chi connectivity index (χ0v) is 16.9. The van der Waals surface area contributed by atoms with E-state index < -0.39 is 6.04 Å². The van der Waals surface area contributed by atoms with Crippen LogP contribution < -0.4 is 10.6 Å². The van der Waals surface area contributed by atoms with Crippen LogP contribution in [0.2, 0.25) is 5.02 Å². The molecule has 150 valence electrons. The fourth-order valence-corrected chi connectivity index (χ4v) is 3.03. The largest absolute Gasteiger partial charge is 0.394 e. The Labute approximate surface area is 175 Å². The molecule has 0 aliphatic heterocycles. The average molecular weight is 411 g/mol. The molecule has 1 aromatic heterocycles. The number of hydrogen-bond donors (Lipinski definition) is 3. The zero-order chi connectivity index (χ0) is 20.6. The molecule has 3 N–H and O–H groups in total. The lowest BCUT2D eigenvalue weighted by Gasteiger charge is -2.17. The van der Waals surface area contributed by atoms with Crippen molar-refractivity contribution < 1.29 is 9.90 Å². The molecule has 0 unspecified atom stereocenters. The summed E-state index contributed by atoms with van der Waals surface area (Å²) in [5, 5.41) is 16.2. The molecule has 1 heterocycles. The number of carbonyl (C=O) groups is 1. The molecular formula is C22H23ClN4O2. The van der Waals surface area contributed by atoms with Crippen molar-refractivity contribution in [3.8, 4) is 11.3 Å². The number of aliphatic hydroxyl groups is 1. The highest BCUT2D eigenvalue weighted by Gasteiger charge is 2.15. The molecule has 3 aromatic rings. The van der Waals surface area contributed by atoms with Crippen molar-refractivity contribution in [2.75, 3.05) is 18.5 Å². The van der Waals surface area contributed by atoms with E-state index in [0.717, 1.165) is 29.8 Å². The lowest BCUT2D eigenvalue weighted by atomic mass is 10.1. The molecule has 3 rings (SSSR count). The van der Waals surface area contributed by atoms with Crippen LogP contribution in [0.25, 0.3) is 11.3 Å². The Morgan fingerprint density at radius 2 is 1.97 bits per heavy atom. The van der Waals surface area contributed by atoms with E-state index in [-0.39, 0.29) is 12.5 Å². The van der Waals surface area contributed by atoms with Crippen molar-refractivity contribution >= 4 is 23.5 Å². The molecule has 7 heteroatoms. The van der Waals surface area contributed by atoms with Crippen LogP contribution in [-0.2, 0) is 0 Å². The average Bonchev–Trinajstić information content (AvgIpc) is 2.76. The minimum Gasteiger partial charge on any atom is -0.394 e. The van der Waals surface area contributed by atoms with Gasteiger partial charge in [-0.2, -0.15) is 0 Å². The lowest BCUT2D eigenvalue weighted by molar-refractivity contribution is 0.0916. The van der Waals surface area contributed by atoms with Crippen LogP contribution in [0.15, 0.2) is 60.8 Å². The Bertz CT molecular complexity index is 963. The summed E-state index contributed by atoms with van der Waals surface area (Å²) in [6.07, 6.45) is 2.69. The number of rotatable bonds is 8. The quantitative estimate of drug-likeness (QED) is 0.520. The second-order valence-electron chi connectivity index (χ2n) is 6.53. The topological polar surface area (TPSA) is 87.1 Å². The number of aromatic nitrogens is 2. The van der Waals surface area contributed by atoms with Crippen LogP contribution in [-0.4, -0.2) is 34.1 Å². The summed E-state index contributed by atoms with van der Waals surface area (Å²) in [6.45, 7) is 2.66. The van der Waals surface area contributed by atoms with E-state index >= 15 is 0 Å². The minimum atomic E-state index is -0.532. The van der Waals surface area contributed by atoms with Crippen LogP contribution in [0.5, 0.6) is 0 Å². The highest BCUT2D eigenvalue weighted by atomic mass is 35.5. The third kappa shape index (κ3) is 5.53. The molecule has 0 aliphatic carbocycles. The van der Waals surface area contributed by atoms with Gasteiger partial charge < -0.3 is 15.7 Å². The molecular weight excluding hydrogens is 388 g/mol. The maximum atomic E-state index is 12.6. The van der Waals surface area contributed by atoms with Crippen molar-refractivity contribution in [2.24, 2.45) is 0 Å². The number of nitrogens with one attached hydrogen (secondary N) is 2. The Hall–Kier alpha value is -2.96. The van der Waals surface area contributed by atoms with Gasteiger partial charge in [-0.3, -0.25) is 4.79 Å². The van der Waals surface area contributed by atoms with Gasteiger partial charge >= 0.3 is 0 Å². The lowest BCUT2D eigenvalue weighted by Crippen LogP contribution is -2.30. The predicted octanol–water partition coefficient (Wildman–Crippen LogP) is 4.08. The summed E-state index contributed by atoms with van der Waals surface area (Å²) in [5.41, 5.74) is 2.90. The first-order valence-electron chi connectivity index (χ1n) is 9.45. The van der Waals surface area contributed by atoms with E-state index in [1.807, 2.05) is 24.3 Å². The number of halogens is 1. The van der Waals surface area contributed by atoms with Crippen LogP contribution in [0.1, 0.15) is 35.3 Å². The number of hydrogen-bond acceptors (Lipinski definition) is 5. The van der Waals surface area contributed by atoms with Gasteiger partial charge in [-0.05, 0) is 42.3 Å². The summed E-state index contributed by atoms with van der Waals surface area (Å²) in [4.78, 5) is 21.3. The fraction of sp³-hybridized carbons (Fsp3) is 0.227. The van der Waals surface area contributed by atoms with Crippen molar-refractivity contribution in [1.82, 2.24) is 15.3 Å². The molecule has 2 aromatic carbocycles. The van der Waals surface area contributed by atoms with Gasteiger partial charge in [0, 0.05) is 28.9 Å². The van der Waals surface area contributed by atoms with Gasteiger partial charge in [-0.1, -0.05) is 42.8 Å². The number of amides is 1. The summed E-state index contributed by atoms with van der Waals surface area (Å²) in [5.74, 6) is 0.307. The third-order valence-corrected chi connectivity index (χ3v) is 4.61. The molecule has 29 heavy (non-hydrogen) atoms. The second kappa shape index (κ2) is 10.0. The minimum absolute atomic E-state index is 0.224. The Kier molecular flexibility index (Phi) is 7.16. The first kappa shape index (κ1) is 20.8. The number of benzene rings is 2. The standard InChI is InChI=1S/C22H23ClN4O2/c1-2-11-24-22-25-12-10-19(27-22)15-6-8-16(9-7-15)21(29)26-20(14-28)17-4-3-5-18(23)13-17/h3-10,12-13,20,28H,2,11,14H2,1H3,(H,26,29)(H,24,25,27)/t20-/m1/s1. The monoisotopic (exact) mass is 410 g/mol. The number of carbonyl (C=O) groups excluding carboxylic acids is 1. The van der Waals surface area contributed by atoms with Gasteiger partial charge in [0.2, 0.25) is 5.95 Å². The van der Waals surface area contributed by atoms with Crippen molar-refractivity contribution in [3.63, 3.8) is 0 Å². The van der Waals surface area contributed by atoms with E-state index in [9.17, 15) is 9.90 Å². The van der Waals surface area contributed by atoms with E-state index in [1.165, 1.54) is 0 Å². The molecule has 0 saturated carbocycles. The van der Waals surface area contributed by atoms with Gasteiger partial charge in [0.15, 0.2) is 0 Å². The van der Waals surface area contributed by atoms with Gasteiger partial charge in [0.1, 0.15) is 0 Å². The first-order chi connectivity index (χ1) is 14.1. The molecule has 1 atom stereocenters. The molecule has 0 spiro atoms. The van der Waals surface area contributed by atoms with Crippen molar-refractivity contribution in [2.45, 2.75) is 19.4 Å². The molecule has 1 amide bonds. The van der Waals surface area contributed by atoms with Crippen LogP contribution >= 0.6 is 11.6 Å². The maximum absolute atomic E-state index is 12.6. The Balaban J connectivity index is 1.71. The third-order valence-electron chi connectivity index (χ3n) is 4.37. The fourth-order valence-electron chi connectivity index (χ4n) is 2.83. The van der Waals surface area contributed by atoms with Gasteiger partial charge in [0.05, 0.1) is 18.3 Å². The summed E-state index contributed by atoms with van der Waals surface area (Å²) < 4.78 is 0. The number of aliphatic hydroxyl groups excluding tert-OH is 1. The van der Waals surface area contributed by atoms with Crippen molar-refractivity contribution in [1.29, 1.82) is 0 Å². The molecule has 0 aliphatic rings. The molecule has 0 radical (unpaired) electrons. The van der Waals surface area contributed by atoms with Gasteiger partial charge in [-0.15, -0.1) is 0 Å². The van der Waals surface area contributed by atoms with Gasteiger partial charge in [0.25, 0.3) is 5.91 Å². The van der Waals surface area contributed by atoms with Crippen molar-refractivity contribution in [3.05, 3.63) is 76.9 Å². The van der Waals surface area contributed by atoms with Crippen LogP contribution in [0, 0.1) is 0 Å². The van der Waals surface area contributed by atoms with E-state index in [1.54, 1.807) is 36.5 Å². The number of anilines is 1. The van der Waals surface area contributed by atoms with E-state index in [4.69, 9.17) is 11.6 Å². The van der Waals surface area contributed by atoms with Crippen LogP contribution in [0.4, 0.5) is 5.95 Å². The highest BCUT2D eigenvalue weighted by Crippen LogP contribution is 2.20. The first-order valence-corrected chi connectivity index (χ1v) is 9.83. The summed E-state index contributed by atoms with van der Waals surface area (Å²) in [6, 6.07) is 15.5. The highest BCUT2D eigenvalue weighted by molar-refractivity contribution is 6.30. The van der Waals surface area contributed by atoms with E-state index in [2.05, 4.69) is 27.5 Å². The summed E-state index contributed by atoms with van der Waals surface area (Å²) in [7, 11) is 0.